The quantitative estimate of drug-likeness (QED) is 0.593. The Morgan fingerprint density at radius 1 is 1.13 bits per heavy atom. The van der Waals surface area contributed by atoms with E-state index in [1.54, 1.807) is 0 Å². The smallest absolute Gasteiger partial charge is 0.0222 e. The molecule has 0 saturated carbocycles. The van der Waals surface area contributed by atoms with E-state index in [2.05, 4.69) is 31.9 Å². The number of hydrogen-bond acceptors (Lipinski definition) is 2. The maximum absolute atomic E-state index is 5.72. The Labute approximate surface area is 94.8 Å². The van der Waals surface area contributed by atoms with Crippen molar-refractivity contribution in [3.63, 3.8) is 0 Å². The summed E-state index contributed by atoms with van der Waals surface area (Å²) in [6.07, 6.45) is 7.21. The van der Waals surface area contributed by atoms with E-state index in [-0.39, 0.29) is 5.54 Å². The van der Waals surface area contributed by atoms with Gasteiger partial charge in [0, 0.05) is 18.6 Å². The Bertz CT molecular complexity index is 173. The van der Waals surface area contributed by atoms with Crippen LogP contribution in [0.1, 0.15) is 33.1 Å². The van der Waals surface area contributed by atoms with Gasteiger partial charge in [-0.3, -0.25) is 4.90 Å². The van der Waals surface area contributed by atoms with Crippen molar-refractivity contribution in [3.8, 4) is 0 Å². The molecule has 2 heteroatoms. The predicted molar refractivity (Wildman–Crippen MR) is 69.0 cm³/mol. The zero-order chi connectivity index (χ0) is 11.7. The van der Waals surface area contributed by atoms with Gasteiger partial charge in [-0.1, -0.05) is 26.0 Å². The van der Waals surface area contributed by atoms with Crippen molar-refractivity contribution in [2.75, 3.05) is 19.6 Å². The molecule has 0 amide bonds. The molecular weight excluding hydrogens is 184 g/mol. The molecule has 0 atom stereocenters. The third-order valence-electron chi connectivity index (χ3n) is 3.30. The molecule has 0 unspecified atom stereocenters. The summed E-state index contributed by atoms with van der Waals surface area (Å²) in [5.74, 6) is 0. The summed E-state index contributed by atoms with van der Waals surface area (Å²) < 4.78 is 0. The Morgan fingerprint density at radius 3 is 1.87 bits per heavy atom. The Morgan fingerprint density at radius 2 is 1.60 bits per heavy atom. The molecule has 0 aromatic carbocycles. The molecule has 0 saturated heterocycles. The fourth-order valence-electron chi connectivity index (χ4n) is 2.25. The van der Waals surface area contributed by atoms with Crippen LogP contribution in [0.3, 0.4) is 0 Å². The molecule has 0 spiro atoms. The first kappa shape index (κ1) is 14.4. The van der Waals surface area contributed by atoms with Gasteiger partial charge in [0.2, 0.25) is 0 Å². The normalized spacial score (nSPS) is 11.7. The van der Waals surface area contributed by atoms with Gasteiger partial charge >= 0.3 is 0 Å². The molecule has 0 bridgehead atoms. The second kappa shape index (κ2) is 7.66. The minimum Gasteiger partial charge on any atom is -0.330 e. The summed E-state index contributed by atoms with van der Waals surface area (Å²) in [4.78, 5) is 2.43. The molecule has 0 aliphatic heterocycles. The van der Waals surface area contributed by atoms with Crippen LogP contribution in [-0.2, 0) is 0 Å². The van der Waals surface area contributed by atoms with Crippen LogP contribution in [0.2, 0.25) is 0 Å². The van der Waals surface area contributed by atoms with Crippen LogP contribution in [-0.4, -0.2) is 30.1 Å². The van der Waals surface area contributed by atoms with E-state index in [0.29, 0.717) is 0 Å². The van der Waals surface area contributed by atoms with Crippen LogP contribution in [0.25, 0.3) is 0 Å². The Hall–Kier alpha value is -0.600. The first-order valence-electron chi connectivity index (χ1n) is 5.87. The van der Waals surface area contributed by atoms with Crippen LogP contribution < -0.4 is 5.73 Å². The van der Waals surface area contributed by atoms with Crippen molar-refractivity contribution in [3.05, 3.63) is 25.3 Å². The Balaban J connectivity index is 4.76. The zero-order valence-electron chi connectivity index (χ0n) is 10.3. The summed E-state index contributed by atoms with van der Waals surface area (Å²) in [6.45, 7) is 14.7. The zero-order valence-corrected chi connectivity index (χ0v) is 10.3. The first-order chi connectivity index (χ1) is 7.20. The van der Waals surface area contributed by atoms with Crippen LogP contribution in [0.15, 0.2) is 25.3 Å². The molecule has 0 radical (unpaired) electrons. The summed E-state index contributed by atoms with van der Waals surface area (Å²) in [5, 5.41) is 0. The molecule has 2 N–H and O–H groups in total. The molecule has 0 aliphatic rings. The number of hydrogen-bond donors (Lipinski definition) is 1. The van der Waals surface area contributed by atoms with E-state index in [1.165, 1.54) is 0 Å². The topological polar surface area (TPSA) is 29.3 Å². The lowest BCUT2D eigenvalue weighted by Gasteiger charge is -2.42. The largest absolute Gasteiger partial charge is 0.330 e. The molecule has 2 nitrogen and oxygen atoms in total. The minimum absolute atomic E-state index is 0.219. The maximum atomic E-state index is 5.72. The molecule has 0 heterocycles. The summed E-state index contributed by atoms with van der Waals surface area (Å²) >= 11 is 0. The van der Waals surface area contributed by atoms with Crippen molar-refractivity contribution < 1.29 is 0 Å². The molecule has 0 aliphatic carbocycles. The molecule has 88 valence electrons. The molecule has 0 rings (SSSR count). The lowest BCUT2D eigenvalue weighted by Crippen LogP contribution is -2.49. The van der Waals surface area contributed by atoms with Crippen molar-refractivity contribution in [1.82, 2.24) is 4.90 Å². The van der Waals surface area contributed by atoms with Gasteiger partial charge in [-0.25, -0.2) is 0 Å². The van der Waals surface area contributed by atoms with Gasteiger partial charge in [0.25, 0.3) is 0 Å². The Kier molecular flexibility index (Phi) is 7.35. The summed E-state index contributed by atoms with van der Waals surface area (Å²) in [6, 6.07) is 0. The average molecular weight is 210 g/mol. The second-order valence-corrected chi connectivity index (χ2v) is 3.95. The molecule has 0 aromatic rings. The van der Waals surface area contributed by atoms with Crippen molar-refractivity contribution in [2.45, 2.75) is 38.6 Å². The van der Waals surface area contributed by atoms with Crippen molar-refractivity contribution >= 4 is 0 Å². The third kappa shape index (κ3) is 3.80. The van der Waals surface area contributed by atoms with E-state index in [1.807, 2.05) is 12.2 Å². The fourth-order valence-corrected chi connectivity index (χ4v) is 2.25. The highest BCUT2D eigenvalue weighted by molar-refractivity contribution is 4.94. The van der Waals surface area contributed by atoms with Crippen molar-refractivity contribution in [1.29, 1.82) is 0 Å². The molecule has 15 heavy (non-hydrogen) atoms. The molecular formula is C13H26N2. The van der Waals surface area contributed by atoms with Gasteiger partial charge in [-0.15, -0.1) is 13.2 Å². The van der Waals surface area contributed by atoms with Gasteiger partial charge in [0.15, 0.2) is 0 Å². The highest BCUT2D eigenvalue weighted by Gasteiger charge is 2.30. The van der Waals surface area contributed by atoms with Crippen LogP contribution in [0.5, 0.6) is 0 Å². The predicted octanol–water partition coefficient (Wildman–Crippen LogP) is 2.57. The standard InChI is InChI=1S/C13H26N2/c1-5-11-15(12-6-2)13(7-3,8-4)9-10-14/h5-6H,1-2,7-12,14H2,3-4H3. The molecule has 0 fully saturated rings. The first-order valence-corrected chi connectivity index (χ1v) is 5.87. The molecule has 0 aromatic heterocycles. The van der Waals surface area contributed by atoms with E-state index in [9.17, 15) is 0 Å². The monoisotopic (exact) mass is 210 g/mol. The highest BCUT2D eigenvalue weighted by Crippen LogP contribution is 2.27. The van der Waals surface area contributed by atoms with Crippen LogP contribution in [0.4, 0.5) is 0 Å². The minimum atomic E-state index is 0.219. The van der Waals surface area contributed by atoms with E-state index < -0.39 is 0 Å². The van der Waals surface area contributed by atoms with Crippen LogP contribution >= 0.6 is 0 Å². The summed E-state index contributed by atoms with van der Waals surface area (Å²) in [5.41, 5.74) is 5.94. The second-order valence-electron chi connectivity index (χ2n) is 3.95. The van der Waals surface area contributed by atoms with Gasteiger partial charge in [0.05, 0.1) is 0 Å². The summed E-state index contributed by atoms with van der Waals surface area (Å²) in [7, 11) is 0. The van der Waals surface area contributed by atoms with Gasteiger partial charge < -0.3 is 5.73 Å². The lowest BCUT2D eigenvalue weighted by atomic mass is 9.86. The van der Waals surface area contributed by atoms with E-state index >= 15 is 0 Å². The third-order valence-corrected chi connectivity index (χ3v) is 3.30. The number of nitrogens with two attached hydrogens (primary N) is 1. The number of nitrogens with zero attached hydrogens (tertiary/aromatic N) is 1. The maximum Gasteiger partial charge on any atom is 0.0222 e. The SMILES string of the molecule is C=CCN(CC=C)C(CC)(CC)CCN. The van der Waals surface area contributed by atoms with Crippen LogP contribution in [0, 0.1) is 0 Å². The fraction of sp³-hybridized carbons (Fsp3) is 0.692. The number of rotatable bonds is 9. The van der Waals surface area contributed by atoms with E-state index in [4.69, 9.17) is 5.73 Å². The van der Waals surface area contributed by atoms with Gasteiger partial charge in [-0.05, 0) is 25.8 Å². The van der Waals surface area contributed by atoms with Gasteiger partial charge in [0.1, 0.15) is 0 Å². The average Bonchev–Trinajstić information content (AvgIpc) is 2.26. The van der Waals surface area contributed by atoms with Gasteiger partial charge in [-0.2, -0.15) is 0 Å². The lowest BCUT2D eigenvalue weighted by molar-refractivity contribution is 0.0967. The van der Waals surface area contributed by atoms with Crippen molar-refractivity contribution in [2.24, 2.45) is 5.73 Å². The highest BCUT2D eigenvalue weighted by atomic mass is 15.2. The van der Waals surface area contributed by atoms with E-state index in [0.717, 1.165) is 38.9 Å².